The lowest BCUT2D eigenvalue weighted by atomic mass is 10.00. The zero-order chi connectivity index (χ0) is 11.7. The molecule has 0 aliphatic heterocycles. The maximum atomic E-state index is 10.2. The summed E-state index contributed by atoms with van der Waals surface area (Å²) in [5.74, 6) is 1.79. The molecule has 3 rings (SSSR count). The van der Waals surface area contributed by atoms with Gasteiger partial charge in [0.05, 0.1) is 6.10 Å². The van der Waals surface area contributed by atoms with Gasteiger partial charge in [0.1, 0.15) is 0 Å². The van der Waals surface area contributed by atoms with E-state index in [9.17, 15) is 5.11 Å². The van der Waals surface area contributed by atoms with Crippen LogP contribution in [0.1, 0.15) is 57.8 Å². The fraction of sp³-hybridized carbons (Fsp3) is 1.00. The SMILES string of the molecule is OC(CC1CCCC1)CN(CC1CC1)C1CC1. The summed E-state index contributed by atoms with van der Waals surface area (Å²) in [7, 11) is 0. The van der Waals surface area contributed by atoms with Gasteiger partial charge >= 0.3 is 0 Å². The van der Waals surface area contributed by atoms with Gasteiger partial charge in [-0.3, -0.25) is 4.90 Å². The van der Waals surface area contributed by atoms with Gasteiger partial charge in [0, 0.05) is 19.1 Å². The largest absolute Gasteiger partial charge is 0.392 e. The minimum absolute atomic E-state index is 0.0579. The van der Waals surface area contributed by atoms with Crippen LogP contribution in [0.25, 0.3) is 0 Å². The Kier molecular flexibility index (Phi) is 3.72. The Hall–Kier alpha value is -0.0800. The summed E-state index contributed by atoms with van der Waals surface area (Å²) in [4.78, 5) is 2.59. The maximum absolute atomic E-state index is 10.2. The predicted octanol–water partition coefficient (Wildman–Crippen LogP) is 2.80. The predicted molar refractivity (Wildman–Crippen MR) is 69.9 cm³/mol. The number of nitrogens with zero attached hydrogens (tertiary/aromatic N) is 1. The van der Waals surface area contributed by atoms with E-state index in [1.54, 1.807) is 0 Å². The Morgan fingerprint density at radius 1 is 0.941 bits per heavy atom. The van der Waals surface area contributed by atoms with E-state index in [0.717, 1.165) is 30.8 Å². The van der Waals surface area contributed by atoms with Gasteiger partial charge in [-0.1, -0.05) is 25.7 Å². The number of hydrogen-bond donors (Lipinski definition) is 1. The van der Waals surface area contributed by atoms with E-state index in [1.807, 2.05) is 0 Å². The number of aliphatic hydroxyl groups is 1. The highest BCUT2D eigenvalue weighted by Gasteiger charge is 2.34. The lowest BCUT2D eigenvalue weighted by Crippen LogP contribution is -2.36. The first-order chi connectivity index (χ1) is 8.31. The normalized spacial score (nSPS) is 27.9. The van der Waals surface area contributed by atoms with E-state index in [-0.39, 0.29) is 6.10 Å². The van der Waals surface area contributed by atoms with Crippen LogP contribution < -0.4 is 0 Å². The van der Waals surface area contributed by atoms with Crippen LogP contribution in [0.4, 0.5) is 0 Å². The maximum Gasteiger partial charge on any atom is 0.0669 e. The fourth-order valence-corrected chi connectivity index (χ4v) is 3.42. The minimum atomic E-state index is -0.0579. The Balaban J connectivity index is 1.42. The van der Waals surface area contributed by atoms with Gasteiger partial charge < -0.3 is 5.11 Å². The van der Waals surface area contributed by atoms with Gasteiger partial charge in [-0.15, -0.1) is 0 Å². The van der Waals surface area contributed by atoms with E-state index < -0.39 is 0 Å². The van der Waals surface area contributed by atoms with Crippen LogP contribution in [0.5, 0.6) is 0 Å². The topological polar surface area (TPSA) is 23.5 Å². The number of hydrogen-bond acceptors (Lipinski definition) is 2. The zero-order valence-corrected chi connectivity index (χ0v) is 11.0. The molecule has 2 heteroatoms. The molecule has 17 heavy (non-hydrogen) atoms. The molecule has 0 heterocycles. The van der Waals surface area contributed by atoms with Crippen molar-refractivity contribution in [3.05, 3.63) is 0 Å². The van der Waals surface area contributed by atoms with Crippen LogP contribution in [0, 0.1) is 11.8 Å². The molecule has 2 nitrogen and oxygen atoms in total. The summed E-state index contributed by atoms with van der Waals surface area (Å²) in [6.07, 6.45) is 12.1. The molecule has 0 amide bonds. The van der Waals surface area contributed by atoms with Crippen molar-refractivity contribution in [2.75, 3.05) is 13.1 Å². The Morgan fingerprint density at radius 2 is 1.65 bits per heavy atom. The highest BCUT2D eigenvalue weighted by Crippen LogP contribution is 2.35. The Bertz CT molecular complexity index is 241. The van der Waals surface area contributed by atoms with Crippen LogP contribution in [0.3, 0.4) is 0 Å². The van der Waals surface area contributed by atoms with Crippen LogP contribution >= 0.6 is 0 Å². The average molecular weight is 237 g/mol. The summed E-state index contributed by atoms with van der Waals surface area (Å²) in [6.45, 7) is 2.23. The zero-order valence-electron chi connectivity index (χ0n) is 11.0. The third-order valence-corrected chi connectivity index (χ3v) is 4.78. The smallest absolute Gasteiger partial charge is 0.0669 e. The monoisotopic (exact) mass is 237 g/mol. The van der Waals surface area contributed by atoms with Crippen LogP contribution in [-0.4, -0.2) is 35.2 Å². The molecular weight excluding hydrogens is 210 g/mol. The quantitative estimate of drug-likeness (QED) is 0.736. The second-order valence-corrected chi connectivity index (χ2v) is 6.67. The molecule has 0 aromatic heterocycles. The summed E-state index contributed by atoms with van der Waals surface area (Å²) >= 11 is 0. The summed E-state index contributed by atoms with van der Waals surface area (Å²) in [5, 5.41) is 10.2. The van der Waals surface area contributed by atoms with Gasteiger partial charge in [-0.05, 0) is 43.9 Å². The molecule has 0 saturated heterocycles. The molecule has 3 aliphatic rings. The van der Waals surface area contributed by atoms with Gasteiger partial charge in [0.25, 0.3) is 0 Å². The molecule has 3 fully saturated rings. The van der Waals surface area contributed by atoms with Crippen molar-refractivity contribution >= 4 is 0 Å². The molecule has 98 valence electrons. The standard InChI is InChI=1S/C15H27NO/c17-15(9-12-3-1-2-4-12)11-16(14-7-8-14)10-13-5-6-13/h12-15,17H,1-11H2. The molecule has 0 spiro atoms. The van der Waals surface area contributed by atoms with E-state index >= 15 is 0 Å². The van der Waals surface area contributed by atoms with Crippen molar-refractivity contribution in [3.63, 3.8) is 0 Å². The first-order valence-electron chi connectivity index (χ1n) is 7.73. The van der Waals surface area contributed by atoms with Crippen molar-refractivity contribution in [2.24, 2.45) is 11.8 Å². The fourth-order valence-electron chi connectivity index (χ4n) is 3.42. The number of rotatable bonds is 7. The Labute approximate surface area is 105 Å². The van der Waals surface area contributed by atoms with Crippen molar-refractivity contribution in [1.29, 1.82) is 0 Å². The lowest BCUT2D eigenvalue weighted by Gasteiger charge is -2.26. The third-order valence-electron chi connectivity index (χ3n) is 4.78. The van der Waals surface area contributed by atoms with Crippen molar-refractivity contribution in [2.45, 2.75) is 69.9 Å². The first kappa shape index (κ1) is 12.0. The van der Waals surface area contributed by atoms with Crippen LogP contribution in [0.15, 0.2) is 0 Å². The van der Waals surface area contributed by atoms with E-state index in [1.165, 1.54) is 57.9 Å². The molecule has 0 bridgehead atoms. The molecule has 0 radical (unpaired) electrons. The molecular formula is C15H27NO. The van der Waals surface area contributed by atoms with Crippen LogP contribution in [-0.2, 0) is 0 Å². The second kappa shape index (κ2) is 5.27. The Morgan fingerprint density at radius 3 is 2.24 bits per heavy atom. The highest BCUT2D eigenvalue weighted by molar-refractivity contribution is 4.89. The average Bonchev–Trinajstić information content (AvgIpc) is 3.19. The highest BCUT2D eigenvalue weighted by atomic mass is 16.3. The lowest BCUT2D eigenvalue weighted by molar-refractivity contribution is 0.0852. The van der Waals surface area contributed by atoms with E-state index in [4.69, 9.17) is 0 Å². The molecule has 1 N–H and O–H groups in total. The summed E-state index contributed by atoms with van der Waals surface area (Å²) in [5.41, 5.74) is 0. The van der Waals surface area contributed by atoms with Crippen LogP contribution in [0.2, 0.25) is 0 Å². The summed E-state index contributed by atoms with van der Waals surface area (Å²) < 4.78 is 0. The molecule has 3 saturated carbocycles. The molecule has 0 aromatic carbocycles. The van der Waals surface area contributed by atoms with Crippen molar-refractivity contribution in [1.82, 2.24) is 4.90 Å². The van der Waals surface area contributed by atoms with E-state index in [2.05, 4.69) is 4.90 Å². The minimum Gasteiger partial charge on any atom is -0.392 e. The second-order valence-electron chi connectivity index (χ2n) is 6.67. The molecule has 1 atom stereocenters. The van der Waals surface area contributed by atoms with Crippen molar-refractivity contribution in [3.8, 4) is 0 Å². The third kappa shape index (κ3) is 3.69. The summed E-state index contributed by atoms with van der Waals surface area (Å²) in [6, 6.07) is 0.828. The first-order valence-corrected chi connectivity index (χ1v) is 7.73. The van der Waals surface area contributed by atoms with Gasteiger partial charge in [-0.25, -0.2) is 0 Å². The van der Waals surface area contributed by atoms with Crippen molar-refractivity contribution < 1.29 is 5.11 Å². The van der Waals surface area contributed by atoms with Gasteiger partial charge in [0.2, 0.25) is 0 Å². The molecule has 0 aromatic rings. The number of aliphatic hydroxyl groups excluding tert-OH is 1. The van der Waals surface area contributed by atoms with Gasteiger partial charge in [0.15, 0.2) is 0 Å². The molecule has 1 unspecified atom stereocenters. The van der Waals surface area contributed by atoms with E-state index in [0.29, 0.717) is 0 Å². The molecule has 3 aliphatic carbocycles. The van der Waals surface area contributed by atoms with Gasteiger partial charge in [-0.2, -0.15) is 0 Å².